The van der Waals surface area contributed by atoms with Crippen molar-refractivity contribution in [2.24, 2.45) is 0 Å². The summed E-state index contributed by atoms with van der Waals surface area (Å²) in [5.41, 5.74) is 0.451. The summed E-state index contributed by atoms with van der Waals surface area (Å²) in [5.74, 6) is -0.584. The highest BCUT2D eigenvalue weighted by Gasteiger charge is 2.04. The van der Waals surface area contributed by atoms with E-state index in [1.54, 1.807) is 6.07 Å². The molecule has 6 heteroatoms. The second kappa shape index (κ2) is 5.16. The van der Waals surface area contributed by atoms with Gasteiger partial charge in [0, 0.05) is 18.2 Å². The lowest BCUT2D eigenvalue weighted by Gasteiger charge is -2.07. The van der Waals surface area contributed by atoms with E-state index >= 15 is 0 Å². The third-order valence-corrected chi connectivity index (χ3v) is 1.76. The molecule has 0 aromatic carbocycles. The van der Waals surface area contributed by atoms with E-state index in [2.05, 4.69) is 10.3 Å². The molecule has 0 amide bonds. The van der Waals surface area contributed by atoms with E-state index in [0.29, 0.717) is 18.0 Å². The summed E-state index contributed by atoms with van der Waals surface area (Å²) in [6.45, 7) is 0.189. The normalized spacial score (nSPS) is 9.93. The van der Waals surface area contributed by atoms with Gasteiger partial charge < -0.3 is 15.2 Å². The molecule has 0 aliphatic heterocycles. The molecule has 1 rings (SSSR count). The summed E-state index contributed by atoms with van der Waals surface area (Å²) in [7, 11) is 1.44. The van der Waals surface area contributed by atoms with Crippen LogP contribution in [0.4, 0.5) is 0 Å². The SMILES string of the molecule is COc1[nH]c(=O)ccc1CNCC(=O)O. The molecule has 0 atom stereocenters. The Morgan fingerprint density at radius 2 is 2.33 bits per heavy atom. The predicted octanol–water partition coefficient (Wildman–Crippen LogP) is -0.442. The molecule has 15 heavy (non-hydrogen) atoms. The zero-order chi connectivity index (χ0) is 11.3. The first kappa shape index (κ1) is 11.3. The first-order chi connectivity index (χ1) is 7.13. The van der Waals surface area contributed by atoms with Gasteiger partial charge in [-0.05, 0) is 6.07 Å². The van der Waals surface area contributed by atoms with Crippen molar-refractivity contribution in [1.82, 2.24) is 10.3 Å². The van der Waals surface area contributed by atoms with Crippen molar-refractivity contribution >= 4 is 5.97 Å². The van der Waals surface area contributed by atoms with E-state index in [9.17, 15) is 9.59 Å². The Balaban J connectivity index is 2.68. The summed E-state index contributed by atoms with van der Waals surface area (Å²) in [6.07, 6.45) is 0. The Morgan fingerprint density at radius 1 is 1.60 bits per heavy atom. The van der Waals surface area contributed by atoms with Gasteiger partial charge in [-0.3, -0.25) is 14.6 Å². The number of hydrogen-bond donors (Lipinski definition) is 3. The molecule has 1 aromatic heterocycles. The molecular formula is C9H12N2O4. The summed E-state index contributed by atoms with van der Waals surface area (Å²) in [6, 6.07) is 2.95. The van der Waals surface area contributed by atoms with Crippen LogP contribution >= 0.6 is 0 Å². The summed E-state index contributed by atoms with van der Waals surface area (Å²) < 4.78 is 4.94. The number of methoxy groups -OCH3 is 1. The van der Waals surface area contributed by atoms with Gasteiger partial charge >= 0.3 is 5.97 Å². The van der Waals surface area contributed by atoms with Crippen LogP contribution < -0.4 is 15.6 Å². The van der Waals surface area contributed by atoms with Crippen molar-refractivity contribution in [2.75, 3.05) is 13.7 Å². The third kappa shape index (κ3) is 3.43. The fourth-order valence-electron chi connectivity index (χ4n) is 1.11. The van der Waals surface area contributed by atoms with Crippen molar-refractivity contribution in [2.45, 2.75) is 6.54 Å². The van der Waals surface area contributed by atoms with E-state index in [1.165, 1.54) is 13.2 Å². The monoisotopic (exact) mass is 212 g/mol. The number of rotatable bonds is 5. The van der Waals surface area contributed by atoms with Gasteiger partial charge in [0.2, 0.25) is 0 Å². The largest absolute Gasteiger partial charge is 0.482 e. The molecule has 0 fully saturated rings. The van der Waals surface area contributed by atoms with E-state index < -0.39 is 5.97 Å². The minimum Gasteiger partial charge on any atom is -0.482 e. The number of carbonyl (C=O) groups is 1. The van der Waals surface area contributed by atoms with Crippen LogP contribution in [0.5, 0.6) is 5.88 Å². The van der Waals surface area contributed by atoms with Gasteiger partial charge in [-0.2, -0.15) is 0 Å². The van der Waals surface area contributed by atoms with E-state index in [0.717, 1.165) is 0 Å². The highest BCUT2D eigenvalue weighted by Crippen LogP contribution is 2.10. The quantitative estimate of drug-likeness (QED) is 0.615. The van der Waals surface area contributed by atoms with Crippen LogP contribution in [0.15, 0.2) is 16.9 Å². The van der Waals surface area contributed by atoms with E-state index in [4.69, 9.17) is 9.84 Å². The highest BCUT2D eigenvalue weighted by molar-refractivity contribution is 5.69. The van der Waals surface area contributed by atoms with Crippen LogP contribution in [0, 0.1) is 0 Å². The van der Waals surface area contributed by atoms with Crippen molar-refractivity contribution < 1.29 is 14.6 Å². The topological polar surface area (TPSA) is 91.4 Å². The Bertz CT molecular complexity index is 399. The molecule has 0 unspecified atom stereocenters. The number of pyridine rings is 1. The maximum atomic E-state index is 10.9. The second-order valence-corrected chi connectivity index (χ2v) is 2.88. The number of H-pyrrole nitrogens is 1. The molecule has 0 aliphatic rings. The molecule has 1 heterocycles. The average molecular weight is 212 g/mol. The molecule has 0 bridgehead atoms. The molecule has 0 saturated heterocycles. The first-order valence-electron chi connectivity index (χ1n) is 4.32. The molecule has 0 saturated carbocycles. The molecule has 0 radical (unpaired) electrons. The van der Waals surface area contributed by atoms with E-state index in [1.807, 2.05) is 0 Å². The highest BCUT2D eigenvalue weighted by atomic mass is 16.5. The number of aliphatic carboxylic acids is 1. The van der Waals surface area contributed by atoms with Crippen LogP contribution in [0.1, 0.15) is 5.56 Å². The number of nitrogens with one attached hydrogen (secondary N) is 2. The molecule has 0 aliphatic carbocycles. The van der Waals surface area contributed by atoms with Gasteiger partial charge in [0.15, 0.2) is 5.88 Å². The molecule has 82 valence electrons. The maximum Gasteiger partial charge on any atom is 0.317 e. The fourth-order valence-corrected chi connectivity index (χ4v) is 1.11. The minimum atomic E-state index is -0.932. The van der Waals surface area contributed by atoms with Gasteiger partial charge in [-0.15, -0.1) is 0 Å². The molecule has 1 aromatic rings. The lowest BCUT2D eigenvalue weighted by atomic mass is 10.2. The summed E-state index contributed by atoms with van der Waals surface area (Å²) in [5, 5.41) is 11.1. The fraction of sp³-hybridized carbons (Fsp3) is 0.333. The number of aromatic amines is 1. The summed E-state index contributed by atoms with van der Waals surface area (Å²) >= 11 is 0. The van der Waals surface area contributed by atoms with Gasteiger partial charge in [-0.25, -0.2) is 0 Å². The average Bonchev–Trinajstić information content (AvgIpc) is 2.19. The Kier molecular flexibility index (Phi) is 3.87. The Labute approximate surface area is 85.9 Å². The maximum absolute atomic E-state index is 10.9. The third-order valence-electron chi connectivity index (χ3n) is 1.76. The number of hydrogen-bond acceptors (Lipinski definition) is 4. The minimum absolute atomic E-state index is 0.137. The summed E-state index contributed by atoms with van der Waals surface area (Å²) in [4.78, 5) is 23.7. The lowest BCUT2D eigenvalue weighted by molar-refractivity contribution is -0.136. The van der Waals surface area contributed by atoms with Crippen molar-refractivity contribution in [3.8, 4) is 5.88 Å². The van der Waals surface area contributed by atoms with Crippen LogP contribution in [0.2, 0.25) is 0 Å². The smallest absolute Gasteiger partial charge is 0.317 e. The number of aromatic nitrogens is 1. The second-order valence-electron chi connectivity index (χ2n) is 2.88. The first-order valence-corrected chi connectivity index (χ1v) is 4.32. The molecule has 6 nitrogen and oxygen atoms in total. The van der Waals surface area contributed by atoms with Crippen LogP contribution in [0.25, 0.3) is 0 Å². The van der Waals surface area contributed by atoms with Crippen molar-refractivity contribution in [3.63, 3.8) is 0 Å². The van der Waals surface area contributed by atoms with Crippen LogP contribution in [0.3, 0.4) is 0 Å². The zero-order valence-electron chi connectivity index (χ0n) is 8.24. The Hall–Kier alpha value is -1.82. The van der Waals surface area contributed by atoms with Gasteiger partial charge in [-0.1, -0.05) is 0 Å². The number of carboxylic acids is 1. The predicted molar refractivity (Wildman–Crippen MR) is 53.0 cm³/mol. The standard InChI is InChI=1S/C9H12N2O4/c1-15-9-6(2-3-7(12)11-9)4-10-5-8(13)14/h2-3,10H,4-5H2,1H3,(H,11,12)(H,13,14). The van der Waals surface area contributed by atoms with Gasteiger partial charge in [0.05, 0.1) is 13.7 Å². The number of ether oxygens (including phenoxy) is 1. The van der Waals surface area contributed by atoms with Gasteiger partial charge in [0.1, 0.15) is 0 Å². The zero-order valence-corrected chi connectivity index (χ0v) is 8.24. The van der Waals surface area contributed by atoms with E-state index in [-0.39, 0.29) is 12.1 Å². The van der Waals surface area contributed by atoms with Crippen molar-refractivity contribution in [3.05, 3.63) is 28.0 Å². The molecule has 3 N–H and O–H groups in total. The van der Waals surface area contributed by atoms with Crippen LogP contribution in [-0.2, 0) is 11.3 Å². The van der Waals surface area contributed by atoms with Crippen molar-refractivity contribution in [1.29, 1.82) is 0 Å². The van der Waals surface area contributed by atoms with Gasteiger partial charge in [0.25, 0.3) is 5.56 Å². The van der Waals surface area contributed by atoms with Crippen LogP contribution in [-0.4, -0.2) is 29.7 Å². The number of carboxylic acid groups (broad SMARTS) is 1. The molecule has 0 spiro atoms. The Morgan fingerprint density at radius 3 is 2.93 bits per heavy atom. The lowest BCUT2D eigenvalue weighted by Crippen LogP contribution is -2.22. The molecular weight excluding hydrogens is 200 g/mol.